The SMILES string of the molecule is COc1ccc(C)cc1S(=O)(=O)N[C@H](C)C(=O)N(Cc1ccccc1)Cc1ccccc1. The quantitative estimate of drug-likeness (QED) is 0.534. The highest BCUT2D eigenvalue weighted by Crippen LogP contribution is 2.25. The standard InChI is InChI=1S/C25H28N2O4S/c1-19-14-15-23(31-3)24(16-19)32(29,30)26-20(2)25(28)27(17-21-10-6-4-7-11-21)18-22-12-8-5-9-13-22/h4-16,20,26H,17-18H2,1-3H3/t20-/m1/s1. The lowest BCUT2D eigenvalue weighted by molar-refractivity contribution is -0.133. The van der Waals surface area contributed by atoms with Crippen LogP contribution in [0.15, 0.2) is 83.8 Å². The lowest BCUT2D eigenvalue weighted by Gasteiger charge is -2.27. The second kappa shape index (κ2) is 10.4. The number of rotatable bonds is 9. The highest BCUT2D eigenvalue weighted by atomic mass is 32.2. The smallest absolute Gasteiger partial charge is 0.244 e. The van der Waals surface area contributed by atoms with Gasteiger partial charge < -0.3 is 9.64 Å². The van der Waals surface area contributed by atoms with Gasteiger partial charge >= 0.3 is 0 Å². The van der Waals surface area contributed by atoms with Crippen molar-refractivity contribution in [3.05, 3.63) is 95.6 Å². The van der Waals surface area contributed by atoms with Gasteiger partial charge in [0.1, 0.15) is 10.6 Å². The van der Waals surface area contributed by atoms with E-state index >= 15 is 0 Å². The average Bonchev–Trinajstić information content (AvgIpc) is 2.79. The number of methoxy groups -OCH3 is 1. The Morgan fingerprint density at radius 2 is 1.47 bits per heavy atom. The van der Waals surface area contributed by atoms with Crippen molar-refractivity contribution in [2.75, 3.05) is 7.11 Å². The largest absolute Gasteiger partial charge is 0.495 e. The molecule has 0 spiro atoms. The van der Waals surface area contributed by atoms with Gasteiger partial charge in [-0.1, -0.05) is 66.7 Å². The summed E-state index contributed by atoms with van der Waals surface area (Å²) in [4.78, 5) is 15.0. The minimum atomic E-state index is -3.97. The molecule has 7 heteroatoms. The molecule has 0 fully saturated rings. The van der Waals surface area contributed by atoms with E-state index in [4.69, 9.17) is 4.74 Å². The number of amides is 1. The Balaban J connectivity index is 1.84. The first-order valence-corrected chi connectivity index (χ1v) is 11.8. The molecule has 1 atom stereocenters. The number of aryl methyl sites for hydroxylation is 1. The van der Waals surface area contributed by atoms with Gasteiger partial charge in [-0.05, 0) is 42.7 Å². The van der Waals surface area contributed by atoms with E-state index in [1.54, 1.807) is 30.9 Å². The molecule has 3 rings (SSSR count). The molecule has 3 aromatic rings. The summed E-state index contributed by atoms with van der Waals surface area (Å²) in [5.41, 5.74) is 2.71. The van der Waals surface area contributed by atoms with Crippen LogP contribution in [0, 0.1) is 6.92 Å². The zero-order valence-corrected chi connectivity index (χ0v) is 19.3. The van der Waals surface area contributed by atoms with Crippen LogP contribution in [0.2, 0.25) is 0 Å². The number of nitrogens with one attached hydrogen (secondary N) is 1. The summed E-state index contributed by atoms with van der Waals surface area (Å²) in [6.45, 7) is 4.10. The third-order valence-electron chi connectivity index (χ3n) is 5.06. The second-order valence-corrected chi connectivity index (χ2v) is 9.35. The van der Waals surface area contributed by atoms with Crippen LogP contribution in [0.4, 0.5) is 0 Å². The Hall–Kier alpha value is -3.16. The van der Waals surface area contributed by atoms with Crippen LogP contribution in [0.1, 0.15) is 23.6 Å². The van der Waals surface area contributed by atoms with E-state index in [0.717, 1.165) is 16.7 Å². The summed E-state index contributed by atoms with van der Waals surface area (Å²) in [7, 11) is -2.56. The summed E-state index contributed by atoms with van der Waals surface area (Å²) in [5.74, 6) is -0.0823. The zero-order chi connectivity index (χ0) is 23.1. The molecule has 0 radical (unpaired) electrons. The van der Waals surface area contributed by atoms with Crippen LogP contribution < -0.4 is 9.46 Å². The van der Waals surface area contributed by atoms with E-state index in [-0.39, 0.29) is 16.6 Å². The summed E-state index contributed by atoms with van der Waals surface area (Å²) in [5, 5.41) is 0. The summed E-state index contributed by atoms with van der Waals surface area (Å²) in [6.07, 6.45) is 0. The topological polar surface area (TPSA) is 75.7 Å². The van der Waals surface area contributed by atoms with Crippen LogP contribution >= 0.6 is 0 Å². The summed E-state index contributed by atoms with van der Waals surface area (Å²) >= 11 is 0. The van der Waals surface area contributed by atoms with Gasteiger partial charge in [-0.15, -0.1) is 0 Å². The third-order valence-corrected chi connectivity index (χ3v) is 6.62. The van der Waals surface area contributed by atoms with Gasteiger partial charge in [0.15, 0.2) is 0 Å². The number of benzene rings is 3. The van der Waals surface area contributed by atoms with E-state index in [9.17, 15) is 13.2 Å². The van der Waals surface area contributed by atoms with E-state index in [2.05, 4.69) is 4.72 Å². The van der Waals surface area contributed by atoms with E-state index in [1.807, 2.05) is 60.7 Å². The lowest BCUT2D eigenvalue weighted by Crippen LogP contribution is -2.46. The Bertz CT molecular complexity index is 1110. The highest BCUT2D eigenvalue weighted by Gasteiger charge is 2.28. The van der Waals surface area contributed by atoms with E-state index < -0.39 is 16.1 Å². The Morgan fingerprint density at radius 1 is 0.938 bits per heavy atom. The fourth-order valence-electron chi connectivity index (χ4n) is 3.43. The fraction of sp³-hybridized carbons (Fsp3) is 0.240. The molecular formula is C25H28N2O4S. The van der Waals surface area contributed by atoms with Crippen LogP contribution in [0.25, 0.3) is 0 Å². The molecular weight excluding hydrogens is 424 g/mol. The maximum atomic E-state index is 13.4. The molecule has 168 valence electrons. The molecule has 0 saturated heterocycles. The Labute approximate surface area is 189 Å². The van der Waals surface area contributed by atoms with Crippen LogP contribution in [0.5, 0.6) is 5.75 Å². The molecule has 0 aromatic heterocycles. The van der Waals surface area contributed by atoms with E-state index in [0.29, 0.717) is 13.1 Å². The normalized spacial score (nSPS) is 12.2. The van der Waals surface area contributed by atoms with Crippen molar-refractivity contribution in [2.45, 2.75) is 37.9 Å². The second-order valence-electron chi connectivity index (χ2n) is 7.66. The van der Waals surface area contributed by atoms with Gasteiger partial charge in [-0.3, -0.25) is 4.79 Å². The molecule has 0 heterocycles. The molecule has 1 N–H and O–H groups in total. The first-order chi connectivity index (χ1) is 15.3. The summed E-state index contributed by atoms with van der Waals surface area (Å²) in [6, 6.07) is 23.2. The van der Waals surface area contributed by atoms with Crippen molar-refractivity contribution >= 4 is 15.9 Å². The molecule has 0 aliphatic heterocycles. The van der Waals surface area contributed by atoms with Crippen molar-refractivity contribution in [1.29, 1.82) is 0 Å². The lowest BCUT2D eigenvalue weighted by atomic mass is 10.1. The number of sulfonamides is 1. The predicted octanol–water partition coefficient (Wildman–Crippen LogP) is 3.90. The van der Waals surface area contributed by atoms with Crippen LogP contribution in [0.3, 0.4) is 0 Å². The number of hydrogen-bond donors (Lipinski definition) is 1. The van der Waals surface area contributed by atoms with Crippen LogP contribution in [-0.2, 0) is 27.9 Å². The summed E-state index contributed by atoms with van der Waals surface area (Å²) < 4.78 is 33.9. The Morgan fingerprint density at radius 3 is 1.97 bits per heavy atom. The monoisotopic (exact) mass is 452 g/mol. The van der Waals surface area contributed by atoms with Crippen molar-refractivity contribution in [3.63, 3.8) is 0 Å². The number of nitrogens with zero attached hydrogens (tertiary/aromatic N) is 1. The zero-order valence-electron chi connectivity index (χ0n) is 18.5. The first kappa shape index (κ1) is 23.5. The molecule has 32 heavy (non-hydrogen) atoms. The fourth-order valence-corrected chi connectivity index (χ4v) is 4.88. The third kappa shape index (κ3) is 5.96. The van der Waals surface area contributed by atoms with Gasteiger partial charge in [0.25, 0.3) is 0 Å². The van der Waals surface area contributed by atoms with Crippen molar-refractivity contribution in [2.24, 2.45) is 0 Å². The molecule has 0 aliphatic carbocycles. The van der Waals surface area contributed by atoms with E-state index in [1.165, 1.54) is 13.2 Å². The number of carbonyl (C=O) groups excluding carboxylic acids is 1. The number of hydrogen-bond acceptors (Lipinski definition) is 4. The minimum Gasteiger partial charge on any atom is -0.495 e. The predicted molar refractivity (Wildman–Crippen MR) is 125 cm³/mol. The molecule has 6 nitrogen and oxygen atoms in total. The maximum Gasteiger partial charge on any atom is 0.244 e. The molecule has 0 saturated carbocycles. The van der Waals surface area contributed by atoms with Crippen LogP contribution in [-0.4, -0.2) is 32.4 Å². The van der Waals surface area contributed by atoms with Gasteiger partial charge in [0.05, 0.1) is 13.2 Å². The van der Waals surface area contributed by atoms with Gasteiger partial charge in [-0.25, -0.2) is 8.42 Å². The highest BCUT2D eigenvalue weighted by molar-refractivity contribution is 7.89. The molecule has 0 bridgehead atoms. The molecule has 0 aliphatic rings. The van der Waals surface area contributed by atoms with Crippen molar-refractivity contribution < 1.29 is 17.9 Å². The molecule has 1 amide bonds. The maximum absolute atomic E-state index is 13.4. The number of ether oxygens (including phenoxy) is 1. The van der Waals surface area contributed by atoms with Gasteiger partial charge in [0.2, 0.25) is 15.9 Å². The average molecular weight is 453 g/mol. The minimum absolute atomic E-state index is 0.0114. The first-order valence-electron chi connectivity index (χ1n) is 10.3. The van der Waals surface area contributed by atoms with Gasteiger partial charge in [0, 0.05) is 13.1 Å². The van der Waals surface area contributed by atoms with Crippen molar-refractivity contribution in [1.82, 2.24) is 9.62 Å². The van der Waals surface area contributed by atoms with Crippen molar-refractivity contribution in [3.8, 4) is 5.75 Å². The number of carbonyl (C=O) groups is 1. The van der Waals surface area contributed by atoms with Gasteiger partial charge in [-0.2, -0.15) is 4.72 Å². The Kier molecular flexibility index (Phi) is 7.66. The molecule has 3 aromatic carbocycles. The molecule has 0 unspecified atom stereocenters.